The van der Waals surface area contributed by atoms with Gasteiger partial charge in [-0.25, -0.2) is 8.42 Å². The number of benzene rings is 3. The van der Waals surface area contributed by atoms with Gasteiger partial charge in [0.1, 0.15) is 6.04 Å². The molecule has 0 heterocycles. The van der Waals surface area contributed by atoms with E-state index in [1.807, 2.05) is 18.2 Å². The Balaban J connectivity index is 1.96. The number of nitrogens with one attached hydrogen (secondary N) is 1. The summed E-state index contributed by atoms with van der Waals surface area (Å²) in [4.78, 5) is 12.9. The number of carbonyl (C=O) groups is 1. The van der Waals surface area contributed by atoms with Crippen LogP contribution in [-0.4, -0.2) is 26.6 Å². The first-order chi connectivity index (χ1) is 14.0. The molecular formula is C21H19F3N2O3S. The lowest BCUT2D eigenvalue weighted by molar-refractivity contribution is -0.137. The summed E-state index contributed by atoms with van der Waals surface area (Å²) in [5.41, 5.74) is -0.773. The maximum Gasteiger partial charge on any atom is 0.416 e. The number of amides is 1. The van der Waals surface area contributed by atoms with Crippen LogP contribution in [0.5, 0.6) is 0 Å². The maximum atomic E-state index is 13.1. The second-order valence-electron chi connectivity index (χ2n) is 6.80. The Morgan fingerprint density at radius 2 is 1.63 bits per heavy atom. The van der Waals surface area contributed by atoms with E-state index in [1.54, 1.807) is 24.3 Å². The van der Waals surface area contributed by atoms with Crippen molar-refractivity contribution in [2.75, 3.05) is 15.9 Å². The molecule has 3 rings (SSSR count). The Morgan fingerprint density at radius 3 is 2.30 bits per heavy atom. The van der Waals surface area contributed by atoms with E-state index in [9.17, 15) is 26.4 Å². The third-order valence-electron chi connectivity index (χ3n) is 4.56. The Morgan fingerprint density at radius 1 is 1.00 bits per heavy atom. The molecule has 0 bridgehead atoms. The van der Waals surface area contributed by atoms with Crippen LogP contribution in [0.2, 0.25) is 0 Å². The summed E-state index contributed by atoms with van der Waals surface area (Å²) in [5, 5.41) is 4.32. The lowest BCUT2D eigenvalue weighted by Gasteiger charge is -2.28. The second kappa shape index (κ2) is 7.98. The zero-order valence-electron chi connectivity index (χ0n) is 16.1. The lowest BCUT2D eigenvalue weighted by Crippen LogP contribution is -2.45. The van der Waals surface area contributed by atoms with E-state index < -0.39 is 33.7 Å². The fourth-order valence-corrected chi connectivity index (χ4v) is 4.37. The normalized spacial score (nSPS) is 13.1. The van der Waals surface area contributed by atoms with Gasteiger partial charge in [-0.1, -0.05) is 42.5 Å². The van der Waals surface area contributed by atoms with Gasteiger partial charge in [0.15, 0.2) is 0 Å². The van der Waals surface area contributed by atoms with Crippen LogP contribution in [0, 0.1) is 0 Å². The van der Waals surface area contributed by atoms with E-state index >= 15 is 0 Å². The molecule has 1 N–H and O–H groups in total. The molecule has 5 nitrogen and oxygen atoms in total. The molecule has 158 valence electrons. The van der Waals surface area contributed by atoms with Crippen LogP contribution in [0.4, 0.5) is 24.5 Å². The number of fused-ring (bicyclic) bond motifs is 1. The standard InChI is InChI=1S/C21H19F3N2O3S/c1-14(20(27)25-19-12-5-8-15-7-3-4-11-18(15)19)26(30(2,28)29)17-10-6-9-16(13-17)21(22,23)24/h3-14H,1-2H3,(H,25,27)/t14-/m1/s1. The molecule has 0 aromatic heterocycles. The highest BCUT2D eigenvalue weighted by Crippen LogP contribution is 2.33. The molecule has 1 amide bonds. The van der Waals surface area contributed by atoms with Crippen molar-refractivity contribution in [3.8, 4) is 0 Å². The predicted molar refractivity (Wildman–Crippen MR) is 111 cm³/mol. The van der Waals surface area contributed by atoms with E-state index in [2.05, 4.69) is 5.32 Å². The van der Waals surface area contributed by atoms with E-state index in [1.165, 1.54) is 13.0 Å². The van der Waals surface area contributed by atoms with Crippen molar-refractivity contribution >= 4 is 38.1 Å². The van der Waals surface area contributed by atoms with E-state index in [-0.39, 0.29) is 5.69 Å². The number of carbonyl (C=O) groups excluding carboxylic acids is 1. The molecule has 0 spiro atoms. The first-order valence-electron chi connectivity index (χ1n) is 8.94. The monoisotopic (exact) mass is 436 g/mol. The zero-order chi connectivity index (χ0) is 22.1. The van der Waals surface area contributed by atoms with Gasteiger partial charge < -0.3 is 5.32 Å². The third kappa shape index (κ3) is 4.56. The molecule has 9 heteroatoms. The predicted octanol–water partition coefficient (Wildman–Crippen LogP) is 4.65. The van der Waals surface area contributed by atoms with Crippen molar-refractivity contribution in [1.29, 1.82) is 0 Å². The van der Waals surface area contributed by atoms with Gasteiger partial charge in [-0.05, 0) is 36.6 Å². The van der Waals surface area contributed by atoms with Gasteiger partial charge in [-0.15, -0.1) is 0 Å². The van der Waals surface area contributed by atoms with Crippen molar-refractivity contribution in [1.82, 2.24) is 0 Å². The third-order valence-corrected chi connectivity index (χ3v) is 5.81. The molecule has 0 radical (unpaired) electrons. The summed E-state index contributed by atoms with van der Waals surface area (Å²) in [5.74, 6) is -0.672. The minimum absolute atomic E-state index is 0.243. The molecular weight excluding hydrogens is 417 g/mol. The molecule has 0 aliphatic carbocycles. The Bertz CT molecular complexity index is 1190. The minimum Gasteiger partial charge on any atom is -0.324 e. The van der Waals surface area contributed by atoms with Gasteiger partial charge in [0.2, 0.25) is 15.9 Å². The van der Waals surface area contributed by atoms with Crippen LogP contribution >= 0.6 is 0 Å². The first kappa shape index (κ1) is 21.6. The quantitative estimate of drug-likeness (QED) is 0.633. The molecule has 3 aromatic rings. The average Bonchev–Trinajstić information content (AvgIpc) is 2.67. The van der Waals surface area contributed by atoms with E-state index in [0.717, 1.165) is 29.2 Å². The van der Waals surface area contributed by atoms with Gasteiger partial charge in [0, 0.05) is 11.1 Å². The number of hydrogen-bond acceptors (Lipinski definition) is 3. The second-order valence-corrected chi connectivity index (χ2v) is 8.66. The fourth-order valence-electron chi connectivity index (χ4n) is 3.20. The maximum absolute atomic E-state index is 13.1. The van der Waals surface area contributed by atoms with Gasteiger partial charge in [0.05, 0.1) is 17.5 Å². The molecule has 0 fully saturated rings. The van der Waals surface area contributed by atoms with Crippen LogP contribution in [0.3, 0.4) is 0 Å². The van der Waals surface area contributed by atoms with Gasteiger partial charge in [-0.3, -0.25) is 9.10 Å². The van der Waals surface area contributed by atoms with Crippen molar-refractivity contribution in [2.45, 2.75) is 19.1 Å². The van der Waals surface area contributed by atoms with Crippen LogP contribution < -0.4 is 9.62 Å². The summed E-state index contributed by atoms with van der Waals surface area (Å²) in [6, 6.07) is 15.2. The first-order valence-corrected chi connectivity index (χ1v) is 10.8. The van der Waals surface area contributed by atoms with Gasteiger partial charge in [0.25, 0.3) is 0 Å². The number of halogens is 3. The number of anilines is 2. The molecule has 0 aliphatic heterocycles. The summed E-state index contributed by atoms with van der Waals surface area (Å²) in [6.07, 6.45) is -3.80. The topological polar surface area (TPSA) is 66.5 Å². The molecule has 30 heavy (non-hydrogen) atoms. The van der Waals surface area contributed by atoms with Crippen molar-refractivity contribution in [3.05, 3.63) is 72.3 Å². The van der Waals surface area contributed by atoms with Crippen LogP contribution in [0.15, 0.2) is 66.7 Å². The zero-order valence-corrected chi connectivity index (χ0v) is 17.0. The molecule has 0 saturated heterocycles. The highest BCUT2D eigenvalue weighted by molar-refractivity contribution is 7.92. The number of rotatable bonds is 5. The highest BCUT2D eigenvalue weighted by atomic mass is 32.2. The highest BCUT2D eigenvalue weighted by Gasteiger charge is 2.34. The molecule has 3 aromatic carbocycles. The van der Waals surface area contributed by atoms with Crippen molar-refractivity contribution < 1.29 is 26.4 Å². The van der Waals surface area contributed by atoms with Crippen LogP contribution in [0.1, 0.15) is 12.5 Å². The Hall–Kier alpha value is -3.07. The summed E-state index contributed by atoms with van der Waals surface area (Å²) < 4.78 is 64.6. The lowest BCUT2D eigenvalue weighted by atomic mass is 10.1. The van der Waals surface area contributed by atoms with Gasteiger partial charge in [-0.2, -0.15) is 13.2 Å². The van der Waals surface area contributed by atoms with Crippen LogP contribution in [0.25, 0.3) is 10.8 Å². The number of sulfonamides is 1. The Kier molecular flexibility index (Phi) is 5.76. The molecule has 0 saturated carbocycles. The van der Waals surface area contributed by atoms with Gasteiger partial charge >= 0.3 is 6.18 Å². The SMILES string of the molecule is C[C@H](C(=O)Nc1cccc2ccccc12)N(c1cccc(C(F)(F)F)c1)S(C)(=O)=O. The minimum atomic E-state index is -4.65. The summed E-state index contributed by atoms with van der Waals surface area (Å²) in [6.45, 7) is 1.32. The number of nitrogens with zero attached hydrogens (tertiary/aromatic N) is 1. The number of alkyl halides is 3. The van der Waals surface area contributed by atoms with E-state index in [4.69, 9.17) is 0 Å². The number of hydrogen-bond donors (Lipinski definition) is 1. The molecule has 0 unspecified atom stereocenters. The van der Waals surface area contributed by atoms with Crippen LogP contribution in [-0.2, 0) is 21.0 Å². The Labute approximate surface area is 172 Å². The van der Waals surface area contributed by atoms with Crippen molar-refractivity contribution in [3.63, 3.8) is 0 Å². The summed E-state index contributed by atoms with van der Waals surface area (Å²) >= 11 is 0. The molecule has 0 aliphatic rings. The molecule has 1 atom stereocenters. The fraction of sp³-hybridized carbons (Fsp3) is 0.190. The largest absolute Gasteiger partial charge is 0.416 e. The average molecular weight is 436 g/mol. The summed E-state index contributed by atoms with van der Waals surface area (Å²) in [7, 11) is -4.05. The smallest absolute Gasteiger partial charge is 0.324 e. The van der Waals surface area contributed by atoms with Crippen molar-refractivity contribution in [2.24, 2.45) is 0 Å². The van der Waals surface area contributed by atoms with E-state index in [0.29, 0.717) is 16.1 Å².